The summed E-state index contributed by atoms with van der Waals surface area (Å²) in [6, 6.07) is 1.03. The van der Waals surface area contributed by atoms with Gasteiger partial charge in [0.25, 0.3) is 0 Å². The van der Waals surface area contributed by atoms with E-state index in [2.05, 4.69) is 17.3 Å². The molecular weight excluding hydrogens is 160 g/mol. The maximum atomic E-state index is 11.2. The lowest BCUT2D eigenvalue weighted by Crippen LogP contribution is -2.55. The van der Waals surface area contributed by atoms with Gasteiger partial charge in [0.2, 0.25) is 0 Å². The molecule has 2 heterocycles. The predicted octanol–water partition coefficient (Wildman–Crippen LogP) is -0.979. The smallest absolute Gasteiger partial charge is 0.0407 e. The molecular formula is C7H14N2OS. The van der Waals surface area contributed by atoms with Gasteiger partial charge in [0, 0.05) is 47.5 Å². The lowest BCUT2D eigenvalue weighted by molar-refractivity contribution is 0.185. The van der Waals surface area contributed by atoms with E-state index in [0.717, 1.165) is 24.6 Å². The zero-order valence-corrected chi connectivity index (χ0v) is 7.56. The molecule has 2 rings (SSSR count). The van der Waals surface area contributed by atoms with Crippen molar-refractivity contribution in [3.8, 4) is 0 Å². The van der Waals surface area contributed by atoms with Gasteiger partial charge in [-0.25, -0.2) is 0 Å². The lowest BCUT2D eigenvalue weighted by atomic mass is 10.1. The van der Waals surface area contributed by atoms with Crippen LogP contribution in [0.15, 0.2) is 0 Å². The summed E-state index contributed by atoms with van der Waals surface area (Å²) in [5.41, 5.74) is 0. The SMILES string of the molecule is CN1CCNC2CS(=O)CC21. The minimum absolute atomic E-state index is 0.495. The molecule has 1 N–H and O–H groups in total. The Balaban J connectivity index is 2.09. The van der Waals surface area contributed by atoms with Crippen molar-refractivity contribution >= 4 is 10.8 Å². The van der Waals surface area contributed by atoms with Crippen LogP contribution in [-0.2, 0) is 10.8 Å². The number of hydrogen-bond donors (Lipinski definition) is 1. The number of fused-ring (bicyclic) bond motifs is 1. The van der Waals surface area contributed by atoms with E-state index in [1.165, 1.54) is 0 Å². The van der Waals surface area contributed by atoms with Gasteiger partial charge in [-0.05, 0) is 7.05 Å². The largest absolute Gasteiger partial charge is 0.310 e. The Bertz CT molecular complexity index is 185. The van der Waals surface area contributed by atoms with Crippen molar-refractivity contribution in [2.45, 2.75) is 12.1 Å². The highest BCUT2D eigenvalue weighted by Crippen LogP contribution is 2.16. The van der Waals surface area contributed by atoms with Gasteiger partial charge in [-0.2, -0.15) is 0 Å². The van der Waals surface area contributed by atoms with Crippen molar-refractivity contribution in [2.24, 2.45) is 0 Å². The molecule has 0 saturated carbocycles. The number of hydrogen-bond acceptors (Lipinski definition) is 3. The second kappa shape index (κ2) is 2.84. The molecule has 3 nitrogen and oxygen atoms in total. The topological polar surface area (TPSA) is 32.3 Å². The molecule has 2 saturated heterocycles. The van der Waals surface area contributed by atoms with Crippen molar-refractivity contribution in [3.63, 3.8) is 0 Å². The Morgan fingerprint density at radius 2 is 2.36 bits per heavy atom. The summed E-state index contributed by atoms with van der Waals surface area (Å²) in [7, 11) is 1.56. The molecule has 2 aliphatic rings. The highest BCUT2D eigenvalue weighted by atomic mass is 32.2. The number of nitrogens with zero attached hydrogens (tertiary/aromatic N) is 1. The van der Waals surface area contributed by atoms with Crippen LogP contribution in [-0.4, -0.2) is 52.8 Å². The van der Waals surface area contributed by atoms with Crippen LogP contribution in [0, 0.1) is 0 Å². The molecule has 3 atom stereocenters. The molecule has 0 aliphatic carbocycles. The maximum Gasteiger partial charge on any atom is 0.0407 e. The van der Waals surface area contributed by atoms with E-state index in [1.54, 1.807) is 0 Å². The van der Waals surface area contributed by atoms with Gasteiger partial charge in [0.1, 0.15) is 0 Å². The number of rotatable bonds is 0. The van der Waals surface area contributed by atoms with Gasteiger partial charge in [-0.15, -0.1) is 0 Å². The Morgan fingerprint density at radius 3 is 3.09 bits per heavy atom. The summed E-state index contributed by atoms with van der Waals surface area (Å²) in [6.45, 7) is 2.15. The molecule has 2 aliphatic heterocycles. The first-order valence-electron chi connectivity index (χ1n) is 4.06. The first-order chi connectivity index (χ1) is 5.27. The van der Waals surface area contributed by atoms with Gasteiger partial charge in [-0.1, -0.05) is 0 Å². The van der Waals surface area contributed by atoms with E-state index in [1.807, 2.05) is 0 Å². The number of likely N-dealkylation sites (N-methyl/N-ethyl adjacent to an activating group) is 1. The number of piperazine rings is 1. The molecule has 3 unspecified atom stereocenters. The quantitative estimate of drug-likeness (QED) is 0.512. The van der Waals surface area contributed by atoms with E-state index in [9.17, 15) is 4.21 Å². The van der Waals surface area contributed by atoms with Crippen molar-refractivity contribution in [3.05, 3.63) is 0 Å². The normalized spacial score (nSPS) is 45.7. The fourth-order valence-electron chi connectivity index (χ4n) is 1.91. The lowest BCUT2D eigenvalue weighted by Gasteiger charge is -2.34. The summed E-state index contributed by atoms with van der Waals surface area (Å²) in [4.78, 5) is 2.33. The summed E-state index contributed by atoms with van der Waals surface area (Å²) in [5, 5.41) is 3.41. The Labute approximate surface area is 69.6 Å². The standard InChI is InChI=1S/C7H14N2OS/c1-9-3-2-8-6-4-11(10)5-7(6)9/h6-8H,2-5H2,1H3. The Morgan fingerprint density at radius 1 is 1.55 bits per heavy atom. The first-order valence-corrected chi connectivity index (χ1v) is 5.55. The summed E-state index contributed by atoms with van der Waals surface area (Å²) in [5.74, 6) is 1.73. The van der Waals surface area contributed by atoms with E-state index in [-0.39, 0.29) is 0 Å². The van der Waals surface area contributed by atoms with Crippen LogP contribution in [0.2, 0.25) is 0 Å². The van der Waals surface area contributed by atoms with Crippen molar-refractivity contribution in [2.75, 3.05) is 31.6 Å². The third-order valence-corrected chi connectivity index (χ3v) is 4.07. The molecule has 2 fully saturated rings. The third kappa shape index (κ3) is 1.35. The van der Waals surface area contributed by atoms with Crippen LogP contribution in [0.5, 0.6) is 0 Å². The molecule has 11 heavy (non-hydrogen) atoms. The van der Waals surface area contributed by atoms with Gasteiger partial charge in [0.05, 0.1) is 0 Å². The minimum Gasteiger partial charge on any atom is -0.310 e. The second-order valence-electron chi connectivity index (χ2n) is 3.38. The van der Waals surface area contributed by atoms with Gasteiger partial charge in [0.15, 0.2) is 0 Å². The maximum absolute atomic E-state index is 11.2. The molecule has 0 aromatic rings. The second-order valence-corrected chi connectivity index (χ2v) is 4.93. The molecule has 64 valence electrons. The predicted molar refractivity (Wildman–Crippen MR) is 46.1 cm³/mol. The molecule has 0 bridgehead atoms. The zero-order chi connectivity index (χ0) is 7.84. The van der Waals surface area contributed by atoms with E-state index in [4.69, 9.17) is 0 Å². The molecule has 4 heteroatoms. The number of nitrogens with one attached hydrogen (secondary N) is 1. The van der Waals surface area contributed by atoms with E-state index < -0.39 is 10.8 Å². The van der Waals surface area contributed by atoms with Crippen LogP contribution >= 0.6 is 0 Å². The van der Waals surface area contributed by atoms with Gasteiger partial charge in [-0.3, -0.25) is 9.11 Å². The molecule has 0 spiro atoms. The average molecular weight is 174 g/mol. The molecule has 0 aromatic heterocycles. The first kappa shape index (κ1) is 7.71. The van der Waals surface area contributed by atoms with Gasteiger partial charge >= 0.3 is 0 Å². The summed E-state index contributed by atoms with van der Waals surface area (Å²) < 4.78 is 11.2. The summed E-state index contributed by atoms with van der Waals surface area (Å²) >= 11 is 0. The van der Waals surface area contributed by atoms with E-state index in [0.29, 0.717) is 12.1 Å². The Hall–Kier alpha value is 0.0700. The molecule has 0 amide bonds. The van der Waals surface area contributed by atoms with Crippen LogP contribution in [0.4, 0.5) is 0 Å². The van der Waals surface area contributed by atoms with Crippen molar-refractivity contribution in [1.29, 1.82) is 0 Å². The van der Waals surface area contributed by atoms with E-state index >= 15 is 0 Å². The Kier molecular flexibility index (Phi) is 1.99. The van der Waals surface area contributed by atoms with Crippen molar-refractivity contribution in [1.82, 2.24) is 10.2 Å². The van der Waals surface area contributed by atoms with Gasteiger partial charge < -0.3 is 5.32 Å². The van der Waals surface area contributed by atoms with Crippen LogP contribution in [0.25, 0.3) is 0 Å². The fourth-order valence-corrected chi connectivity index (χ4v) is 3.65. The highest BCUT2D eigenvalue weighted by Gasteiger charge is 2.36. The average Bonchev–Trinajstić information content (AvgIpc) is 2.31. The van der Waals surface area contributed by atoms with Crippen molar-refractivity contribution < 1.29 is 4.21 Å². The van der Waals surface area contributed by atoms with Crippen LogP contribution in [0.1, 0.15) is 0 Å². The minimum atomic E-state index is -0.568. The fraction of sp³-hybridized carbons (Fsp3) is 1.00. The molecule has 0 aromatic carbocycles. The zero-order valence-electron chi connectivity index (χ0n) is 6.75. The van der Waals surface area contributed by atoms with Crippen LogP contribution in [0.3, 0.4) is 0 Å². The summed E-state index contributed by atoms with van der Waals surface area (Å²) in [6.07, 6.45) is 0. The third-order valence-electron chi connectivity index (χ3n) is 2.62. The highest BCUT2D eigenvalue weighted by molar-refractivity contribution is 7.85. The molecule has 0 radical (unpaired) electrons. The monoisotopic (exact) mass is 174 g/mol. The van der Waals surface area contributed by atoms with Crippen LogP contribution < -0.4 is 5.32 Å².